The van der Waals surface area contributed by atoms with Crippen LogP contribution in [0.25, 0.3) is 0 Å². The van der Waals surface area contributed by atoms with Gasteiger partial charge in [-0.05, 0) is 79.7 Å². The summed E-state index contributed by atoms with van der Waals surface area (Å²) in [5.74, 6) is 8.90. The fraction of sp³-hybridized carbons (Fsp3) is 0.500. The average molecular weight is 376 g/mol. The van der Waals surface area contributed by atoms with Crippen molar-refractivity contribution in [3.05, 3.63) is 59.4 Å². The Balaban J connectivity index is 1.52. The SMILES string of the molecule is CCCCCOc1ccc(C#Cc2ccc(C3CCC(CC)CC3)cc2)nc1. The van der Waals surface area contributed by atoms with Gasteiger partial charge >= 0.3 is 0 Å². The van der Waals surface area contributed by atoms with Crippen LogP contribution in [0.15, 0.2) is 42.6 Å². The maximum absolute atomic E-state index is 5.70. The lowest BCUT2D eigenvalue weighted by molar-refractivity contribution is 0.305. The second-order valence-electron chi connectivity index (χ2n) is 7.93. The van der Waals surface area contributed by atoms with Crippen molar-refractivity contribution in [1.82, 2.24) is 4.98 Å². The number of ether oxygens (including phenoxy) is 1. The molecular formula is C26H33NO. The molecule has 0 N–H and O–H groups in total. The second-order valence-corrected chi connectivity index (χ2v) is 7.93. The fourth-order valence-corrected chi connectivity index (χ4v) is 3.96. The Bertz CT molecular complexity index is 759. The van der Waals surface area contributed by atoms with Crippen molar-refractivity contribution in [2.45, 2.75) is 71.1 Å². The topological polar surface area (TPSA) is 22.1 Å². The predicted octanol–water partition coefficient (Wildman–Crippen LogP) is 6.73. The maximum atomic E-state index is 5.70. The molecule has 0 radical (unpaired) electrons. The Kier molecular flexibility index (Phi) is 7.97. The number of benzene rings is 1. The monoisotopic (exact) mass is 375 g/mol. The van der Waals surface area contributed by atoms with Gasteiger partial charge in [0, 0.05) is 5.56 Å². The number of unbranched alkanes of at least 4 members (excludes halogenated alkanes) is 2. The Morgan fingerprint density at radius 3 is 2.36 bits per heavy atom. The molecule has 0 unspecified atom stereocenters. The first-order chi connectivity index (χ1) is 13.8. The van der Waals surface area contributed by atoms with Crippen LogP contribution in [0, 0.1) is 17.8 Å². The van der Waals surface area contributed by atoms with Gasteiger partial charge in [-0.3, -0.25) is 0 Å². The van der Waals surface area contributed by atoms with Gasteiger partial charge in [-0.2, -0.15) is 0 Å². The van der Waals surface area contributed by atoms with Crippen LogP contribution in [-0.4, -0.2) is 11.6 Å². The van der Waals surface area contributed by atoms with Crippen molar-refractivity contribution in [2.24, 2.45) is 5.92 Å². The number of pyridine rings is 1. The number of aromatic nitrogens is 1. The molecule has 1 aromatic heterocycles. The summed E-state index contributed by atoms with van der Waals surface area (Å²) in [6.07, 6.45) is 12.0. The quantitative estimate of drug-likeness (QED) is 0.395. The first kappa shape index (κ1) is 20.5. The lowest BCUT2D eigenvalue weighted by Crippen LogP contribution is -2.12. The van der Waals surface area contributed by atoms with E-state index in [1.807, 2.05) is 12.1 Å². The van der Waals surface area contributed by atoms with Crippen LogP contribution in [0.4, 0.5) is 0 Å². The van der Waals surface area contributed by atoms with Gasteiger partial charge in [0.1, 0.15) is 11.4 Å². The smallest absolute Gasteiger partial charge is 0.137 e. The molecule has 0 saturated heterocycles. The largest absolute Gasteiger partial charge is 0.492 e. The Labute approximate surface area is 170 Å². The van der Waals surface area contributed by atoms with Gasteiger partial charge in [0.2, 0.25) is 0 Å². The van der Waals surface area contributed by atoms with Crippen molar-refractivity contribution in [1.29, 1.82) is 0 Å². The van der Waals surface area contributed by atoms with Crippen LogP contribution in [0.1, 0.15) is 88.0 Å². The van der Waals surface area contributed by atoms with Crippen LogP contribution in [0.2, 0.25) is 0 Å². The molecule has 1 heterocycles. The summed E-state index contributed by atoms with van der Waals surface area (Å²) >= 11 is 0. The highest BCUT2D eigenvalue weighted by Gasteiger charge is 2.20. The summed E-state index contributed by atoms with van der Waals surface area (Å²) in [6.45, 7) is 5.27. The van der Waals surface area contributed by atoms with Gasteiger partial charge in [0.25, 0.3) is 0 Å². The highest BCUT2D eigenvalue weighted by Crippen LogP contribution is 2.36. The normalized spacial score (nSPS) is 18.9. The highest BCUT2D eigenvalue weighted by atomic mass is 16.5. The Morgan fingerprint density at radius 2 is 1.71 bits per heavy atom. The molecule has 2 nitrogen and oxygen atoms in total. The van der Waals surface area contributed by atoms with Gasteiger partial charge in [-0.1, -0.05) is 51.2 Å². The third-order valence-electron chi connectivity index (χ3n) is 5.89. The minimum Gasteiger partial charge on any atom is -0.492 e. The standard InChI is InChI=1S/C26H33NO/c1-3-5-6-19-28-26-18-17-25(27-20-26)16-11-22-9-14-24(15-10-22)23-12-7-21(4-2)8-13-23/h9-10,14-15,17-18,20-21,23H,3-8,12-13,19H2,1-2H3. The molecule has 28 heavy (non-hydrogen) atoms. The maximum Gasteiger partial charge on any atom is 0.137 e. The molecule has 1 saturated carbocycles. The molecule has 3 rings (SSSR count). The fourth-order valence-electron chi connectivity index (χ4n) is 3.96. The van der Waals surface area contributed by atoms with Crippen LogP contribution in [-0.2, 0) is 0 Å². The molecule has 1 fully saturated rings. The Hall–Kier alpha value is -2.27. The van der Waals surface area contributed by atoms with Gasteiger partial charge < -0.3 is 4.74 Å². The minimum absolute atomic E-state index is 0.733. The minimum atomic E-state index is 0.733. The molecule has 0 atom stereocenters. The average Bonchev–Trinajstić information content (AvgIpc) is 2.76. The number of hydrogen-bond acceptors (Lipinski definition) is 2. The second kappa shape index (κ2) is 10.9. The molecule has 1 aromatic carbocycles. The molecule has 148 valence electrons. The zero-order valence-electron chi connectivity index (χ0n) is 17.4. The summed E-state index contributed by atoms with van der Waals surface area (Å²) in [6, 6.07) is 12.7. The van der Waals surface area contributed by atoms with Gasteiger partial charge in [0.05, 0.1) is 12.8 Å². The first-order valence-electron chi connectivity index (χ1n) is 11.0. The Morgan fingerprint density at radius 1 is 0.929 bits per heavy atom. The number of rotatable bonds is 7. The van der Waals surface area contributed by atoms with Crippen LogP contribution < -0.4 is 4.74 Å². The third-order valence-corrected chi connectivity index (χ3v) is 5.89. The molecule has 0 amide bonds. The summed E-state index contributed by atoms with van der Waals surface area (Å²) in [5, 5.41) is 0. The van der Waals surface area contributed by atoms with E-state index in [-0.39, 0.29) is 0 Å². The molecule has 1 aliphatic rings. The van der Waals surface area contributed by atoms with E-state index in [4.69, 9.17) is 4.74 Å². The summed E-state index contributed by atoms with van der Waals surface area (Å²) in [5.41, 5.74) is 3.30. The highest BCUT2D eigenvalue weighted by molar-refractivity contribution is 5.42. The zero-order chi connectivity index (χ0) is 19.6. The van der Waals surface area contributed by atoms with E-state index in [0.29, 0.717) is 0 Å². The van der Waals surface area contributed by atoms with Crippen molar-refractivity contribution >= 4 is 0 Å². The van der Waals surface area contributed by atoms with Crippen molar-refractivity contribution < 1.29 is 4.74 Å². The number of hydrogen-bond donors (Lipinski definition) is 0. The lowest BCUT2D eigenvalue weighted by Gasteiger charge is -2.28. The van der Waals surface area contributed by atoms with Gasteiger partial charge in [-0.25, -0.2) is 4.98 Å². The van der Waals surface area contributed by atoms with Crippen LogP contribution in [0.3, 0.4) is 0 Å². The molecule has 0 aliphatic heterocycles. The van der Waals surface area contributed by atoms with E-state index in [1.165, 1.54) is 50.5 Å². The molecule has 0 spiro atoms. The van der Waals surface area contributed by atoms with E-state index in [2.05, 4.69) is 54.9 Å². The van der Waals surface area contributed by atoms with Crippen LogP contribution >= 0.6 is 0 Å². The zero-order valence-corrected chi connectivity index (χ0v) is 17.4. The van der Waals surface area contributed by atoms with Gasteiger partial charge in [0.15, 0.2) is 0 Å². The molecule has 0 bridgehead atoms. The van der Waals surface area contributed by atoms with Crippen molar-refractivity contribution in [3.63, 3.8) is 0 Å². The molecular weight excluding hydrogens is 342 g/mol. The van der Waals surface area contributed by atoms with Crippen LogP contribution in [0.5, 0.6) is 5.75 Å². The molecule has 2 heteroatoms. The first-order valence-corrected chi connectivity index (χ1v) is 11.0. The summed E-state index contributed by atoms with van der Waals surface area (Å²) < 4.78 is 5.70. The third kappa shape index (κ3) is 6.13. The predicted molar refractivity (Wildman–Crippen MR) is 117 cm³/mol. The van der Waals surface area contributed by atoms with E-state index < -0.39 is 0 Å². The van der Waals surface area contributed by atoms with Crippen molar-refractivity contribution in [3.8, 4) is 17.6 Å². The lowest BCUT2D eigenvalue weighted by atomic mass is 9.78. The van der Waals surface area contributed by atoms with E-state index >= 15 is 0 Å². The van der Waals surface area contributed by atoms with E-state index in [1.54, 1.807) is 6.20 Å². The summed E-state index contributed by atoms with van der Waals surface area (Å²) in [4.78, 5) is 4.40. The molecule has 2 aromatic rings. The van der Waals surface area contributed by atoms with E-state index in [0.717, 1.165) is 41.9 Å². The molecule has 1 aliphatic carbocycles. The number of nitrogens with zero attached hydrogens (tertiary/aromatic N) is 1. The summed E-state index contributed by atoms with van der Waals surface area (Å²) in [7, 11) is 0. The van der Waals surface area contributed by atoms with Gasteiger partial charge in [-0.15, -0.1) is 0 Å². The van der Waals surface area contributed by atoms with E-state index in [9.17, 15) is 0 Å². The van der Waals surface area contributed by atoms with Crippen molar-refractivity contribution in [2.75, 3.05) is 6.61 Å².